The molecule has 3 aromatic carbocycles. The number of para-hydroxylation sites is 1. The molecule has 1 aromatic heterocycles. The van der Waals surface area contributed by atoms with Crippen LogP contribution in [-0.4, -0.2) is 20.8 Å². The number of carbonyl (C=O) groups excluding carboxylic acids is 1. The van der Waals surface area contributed by atoms with Crippen molar-refractivity contribution in [1.82, 2.24) is 15.4 Å². The second kappa shape index (κ2) is 10.2. The zero-order chi connectivity index (χ0) is 23.9. The van der Waals surface area contributed by atoms with Gasteiger partial charge in [-0.15, -0.1) is 0 Å². The molecule has 0 aliphatic carbocycles. The number of anilines is 3. The molecule has 34 heavy (non-hydrogen) atoms. The minimum absolute atomic E-state index is 0.00695. The molecule has 0 spiro atoms. The van der Waals surface area contributed by atoms with Gasteiger partial charge in [0, 0.05) is 0 Å². The number of nitrogens with one attached hydrogen (secondary N) is 3. The maximum absolute atomic E-state index is 14.0. The Hall–Kier alpha value is -4.86. The fourth-order valence-electron chi connectivity index (χ4n) is 3.40. The van der Waals surface area contributed by atoms with Gasteiger partial charge in [0.15, 0.2) is 0 Å². The predicted molar refractivity (Wildman–Crippen MR) is 125 cm³/mol. The smallest absolute Gasteiger partial charge is 0.332 e. The standard InChI is InChI=1S/C24H19FN6O3/c25-18-13-7-8-14-19(18)28-22-21(31(33)34)23(27-15-26-22)29-30-24(32)20(16-9-3-1-4-10-16)17-11-5-2-6-12-17/h1-15,20H,(H,30,32)(H2,26,27,28,29). The summed E-state index contributed by atoms with van der Waals surface area (Å²) in [6, 6.07) is 23.9. The average Bonchev–Trinajstić information content (AvgIpc) is 2.85. The maximum atomic E-state index is 14.0. The van der Waals surface area contributed by atoms with E-state index in [0.717, 1.165) is 17.5 Å². The Morgan fingerprint density at radius 2 is 1.41 bits per heavy atom. The third-order valence-corrected chi connectivity index (χ3v) is 4.96. The minimum atomic E-state index is -0.719. The van der Waals surface area contributed by atoms with Crippen molar-refractivity contribution in [1.29, 1.82) is 0 Å². The molecule has 0 radical (unpaired) electrons. The molecule has 0 aliphatic rings. The van der Waals surface area contributed by atoms with Crippen LogP contribution in [0.4, 0.5) is 27.4 Å². The molecular formula is C24H19FN6O3. The van der Waals surface area contributed by atoms with Crippen molar-refractivity contribution in [2.45, 2.75) is 5.92 Å². The quantitative estimate of drug-likeness (QED) is 0.262. The average molecular weight is 458 g/mol. The Labute approximate surface area is 193 Å². The highest BCUT2D eigenvalue weighted by Gasteiger charge is 2.26. The summed E-state index contributed by atoms with van der Waals surface area (Å²) in [5.74, 6) is -2.22. The van der Waals surface area contributed by atoms with Crippen molar-refractivity contribution in [2.75, 3.05) is 10.7 Å². The normalized spacial score (nSPS) is 10.5. The number of benzene rings is 3. The summed E-state index contributed by atoms with van der Waals surface area (Å²) < 4.78 is 14.0. The summed E-state index contributed by atoms with van der Waals surface area (Å²) >= 11 is 0. The molecular weight excluding hydrogens is 439 g/mol. The van der Waals surface area contributed by atoms with Crippen LogP contribution in [0, 0.1) is 15.9 Å². The van der Waals surface area contributed by atoms with Gasteiger partial charge in [-0.2, -0.15) is 0 Å². The van der Waals surface area contributed by atoms with Gasteiger partial charge in [0.05, 0.1) is 16.5 Å². The first kappa shape index (κ1) is 22.3. The molecule has 1 heterocycles. The third-order valence-electron chi connectivity index (χ3n) is 4.96. The highest BCUT2D eigenvalue weighted by molar-refractivity contribution is 5.88. The van der Waals surface area contributed by atoms with Crippen molar-refractivity contribution in [3.05, 3.63) is 118 Å². The first-order chi connectivity index (χ1) is 16.5. The van der Waals surface area contributed by atoms with E-state index in [1.807, 2.05) is 60.7 Å². The largest absolute Gasteiger partial charge is 0.355 e. The molecule has 0 bridgehead atoms. The zero-order valence-corrected chi connectivity index (χ0v) is 17.7. The number of hydrogen-bond acceptors (Lipinski definition) is 7. The summed E-state index contributed by atoms with van der Waals surface area (Å²) in [7, 11) is 0. The van der Waals surface area contributed by atoms with Crippen LogP contribution in [-0.2, 0) is 4.79 Å². The fourth-order valence-corrected chi connectivity index (χ4v) is 3.40. The molecule has 0 aliphatic heterocycles. The number of aromatic nitrogens is 2. The predicted octanol–water partition coefficient (Wildman–Crippen LogP) is 4.54. The van der Waals surface area contributed by atoms with E-state index in [4.69, 9.17) is 0 Å². The second-order valence-electron chi connectivity index (χ2n) is 7.15. The van der Waals surface area contributed by atoms with Gasteiger partial charge in [-0.25, -0.2) is 14.4 Å². The van der Waals surface area contributed by atoms with Gasteiger partial charge in [-0.3, -0.25) is 25.8 Å². The number of halogens is 1. The number of amides is 1. The Bertz CT molecular complexity index is 1270. The molecule has 0 fully saturated rings. The minimum Gasteiger partial charge on any atom is -0.332 e. The van der Waals surface area contributed by atoms with Gasteiger partial charge in [0.1, 0.15) is 12.1 Å². The van der Waals surface area contributed by atoms with E-state index in [1.54, 1.807) is 6.07 Å². The summed E-state index contributed by atoms with van der Waals surface area (Å²) in [6.07, 6.45) is 1.07. The third kappa shape index (κ3) is 4.96. The van der Waals surface area contributed by atoms with E-state index >= 15 is 0 Å². The van der Waals surface area contributed by atoms with Gasteiger partial charge in [0.2, 0.25) is 17.5 Å². The van der Waals surface area contributed by atoms with Crippen LogP contribution in [0.25, 0.3) is 0 Å². The van der Waals surface area contributed by atoms with Crippen LogP contribution >= 0.6 is 0 Å². The highest BCUT2D eigenvalue weighted by Crippen LogP contribution is 2.32. The molecule has 9 nitrogen and oxygen atoms in total. The van der Waals surface area contributed by atoms with E-state index in [-0.39, 0.29) is 17.3 Å². The number of nitro groups is 1. The number of hydrazine groups is 1. The van der Waals surface area contributed by atoms with Crippen molar-refractivity contribution < 1.29 is 14.1 Å². The zero-order valence-electron chi connectivity index (χ0n) is 17.7. The van der Waals surface area contributed by atoms with Crippen molar-refractivity contribution in [3.63, 3.8) is 0 Å². The summed E-state index contributed by atoms with van der Waals surface area (Å²) in [6.45, 7) is 0. The van der Waals surface area contributed by atoms with E-state index < -0.39 is 28.3 Å². The van der Waals surface area contributed by atoms with Crippen molar-refractivity contribution in [2.24, 2.45) is 0 Å². The van der Waals surface area contributed by atoms with Crippen LogP contribution in [0.5, 0.6) is 0 Å². The Kier molecular flexibility index (Phi) is 6.68. The Morgan fingerprint density at radius 3 is 2.00 bits per heavy atom. The molecule has 4 rings (SSSR count). The monoisotopic (exact) mass is 458 g/mol. The second-order valence-corrected chi connectivity index (χ2v) is 7.15. The molecule has 0 unspecified atom stereocenters. The van der Waals surface area contributed by atoms with E-state index in [1.165, 1.54) is 18.2 Å². The van der Waals surface area contributed by atoms with Gasteiger partial charge >= 0.3 is 5.69 Å². The van der Waals surface area contributed by atoms with Crippen LogP contribution in [0.2, 0.25) is 0 Å². The molecule has 0 saturated heterocycles. The van der Waals surface area contributed by atoms with E-state index in [9.17, 15) is 19.3 Å². The van der Waals surface area contributed by atoms with Crippen LogP contribution in [0.15, 0.2) is 91.3 Å². The molecule has 0 saturated carbocycles. The summed E-state index contributed by atoms with van der Waals surface area (Å²) in [5.41, 5.74) is 5.98. The molecule has 3 N–H and O–H groups in total. The first-order valence-corrected chi connectivity index (χ1v) is 10.2. The van der Waals surface area contributed by atoms with Gasteiger partial charge in [-0.1, -0.05) is 72.8 Å². The molecule has 4 aromatic rings. The van der Waals surface area contributed by atoms with Crippen LogP contribution < -0.4 is 16.2 Å². The lowest BCUT2D eigenvalue weighted by Gasteiger charge is -2.18. The Balaban J connectivity index is 1.60. The van der Waals surface area contributed by atoms with Crippen LogP contribution in [0.3, 0.4) is 0 Å². The molecule has 10 heteroatoms. The number of hydrogen-bond donors (Lipinski definition) is 3. The number of carbonyl (C=O) groups is 1. The lowest BCUT2D eigenvalue weighted by Crippen LogP contribution is -2.35. The Morgan fingerprint density at radius 1 is 0.853 bits per heavy atom. The van der Waals surface area contributed by atoms with Crippen molar-refractivity contribution >= 4 is 28.9 Å². The molecule has 1 amide bonds. The van der Waals surface area contributed by atoms with Crippen molar-refractivity contribution in [3.8, 4) is 0 Å². The van der Waals surface area contributed by atoms with Gasteiger partial charge in [0.25, 0.3) is 0 Å². The SMILES string of the molecule is O=C(NNc1ncnc(Nc2ccccc2F)c1[N+](=O)[O-])C(c1ccccc1)c1ccccc1. The van der Waals surface area contributed by atoms with Crippen LogP contribution in [0.1, 0.15) is 17.0 Å². The summed E-state index contributed by atoms with van der Waals surface area (Å²) in [5, 5.41) is 14.4. The number of rotatable bonds is 8. The first-order valence-electron chi connectivity index (χ1n) is 10.2. The molecule has 170 valence electrons. The summed E-state index contributed by atoms with van der Waals surface area (Å²) in [4.78, 5) is 32.0. The highest BCUT2D eigenvalue weighted by atomic mass is 19.1. The fraction of sp³-hybridized carbons (Fsp3) is 0.0417. The van der Waals surface area contributed by atoms with Gasteiger partial charge < -0.3 is 5.32 Å². The van der Waals surface area contributed by atoms with E-state index in [0.29, 0.717) is 0 Å². The number of nitrogens with zero attached hydrogens (tertiary/aromatic N) is 3. The van der Waals surface area contributed by atoms with E-state index in [2.05, 4.69) is 26.1 Å². The molecule has 0 atom stereocenters. The topological polar surface area (TPSA) is 122 Å². The lowest BCUT2D eigenvalue weighted by atomic mass is 9.91. The maximum Gasteiger partial charge on any atom is 0.355 e. The van der Waals surface area contributed by atoms with Gasteiger partial charge in [-0.05, 0) is 23.3 Å². The lowest BCUT2D eigenvalue weighted by molar-refractivity contribution is -0.383.